The molecular formula is C31H35BFNO5. The number of allylic oxidation sites excluding steroid dienone is 2. The van der Waals surface area contributed by atoms with Crippen molar-refractivity contribution >= 4 is 30.7 Å². The van der Waals surface area contributed by atoms with E-state index in [0.29, 0.717) is 30.5 Å². The molecule has 3 aliphatic rings. The molecule has 0 radical (unpaired) electrons. The number of carbonyl (C=O) groups is 2. The Hall–Kier alpha value is -3.23. The molecule has 0 unspecified atom stereocenters. The second-order valence-corrected chi connectivity index (χ2v) is 11.1. The second-order valence-electron chi connectivity index (χ2n) is 11.1. The molecule has 2 saturated heterocycles. The molecule has 1 aliphatic carbocycles. The standard InChI is InChI=1S/C31H35BFNO5/c1-4-19(14-20-10-12-26(35)25(33)15-20)11-13-27-28-22(18(2)3)16-23-29(24(28)17-32(38)39-27)31(37)34(30(23)36)21-8-6-5-7-9-21/h5-10,12,14-15,18,23-24,27,29,35,38H,4,11,13,16-17H2,1-3H3/b19-14+/t23-,24+,27-,29-/m1/s1. The molecule has 2 aromatic rings. The molecule has 2 amide bonds. The van der Waals surface area contributed by atoms with Crippen molar-refractivity contribution in [3.05, 3.63) is 76.6 Å². The van der Waals surface area contributed by atoms with E-state index in [-0.39, 0.29) is 41.8 Å². The van der Waals surface area contributed by atoms with E-state index in [4.69, 9.17) is 4.65 Å². The molecule has 2 aromatic carbocycles. The summed E-state index contributed by atoms with van der Waals surface area (Å²) < 4.78 is 20.0. The third-order valence-corrected chi connectivity index (χ3v) is 8.48. The highest BCUT2D eigenvalue weighted by Gasteiger charge is 2.57. The van der Waals surface area contributed by atoms with Gasteiger partial charge in [0.2, 0.25) is 11.8 Å². The van der Waals surface area contributed by atoms with Crippen molar-refractivity contribution in [2.75, 3.05) is 4.90 Å². The summed E-state index contributed by atoms with van der Waals surface area (Å²) in [5, 5.41) is 20.3. The number of phenolic OH excluding ortho intramolecular Hbond substituents is 1. The van der Waals surface area contributed by atoms with Gasteiger partial charge < -0.3 is 14.8 Å². The molecule has 8 heteroatoms. The maximum atomic E-state index is 13.9. The summed E-state index contributed by atoms with van der Waals surface area (Å²) in [5.41, 5.74) is 4.56. The van der Waals surface area contributed by atoms with Gasteiger partial charge in [-0.2, -0.15) is 0 Å². The molecule has 0 bridgehead atoms. The number of fused-ring (bicyclic) bond motifs is 3. The molecule has 5 rings (SSSR count). The van der Waals surface area contributed by atoms with Crippen molar-refractivity contribution in [1.82, 2.24) is 0 Å². The highest BCUT2D eigenvalue weighted by atomic mass is 19.1. The van der Waals surface area contributed by atoms with Gasteiger partial charge in [-0.25, -0.2) is 4.39 Å². The van der Waals surface area contributed by atoms with Crippen LogP contribution in [0.5, 0.6) is 5.75 Å². The number of benzene rings is 2. The predicted molar refractivity (Wildman–Crippen MR) is 149 cm³/mol. The minimum Gasteiger partial charge on any atom is -0.505 e. The number of hydrogen-bond donors (Lipinski definition) is 2. The van der Waals surface area contributed by atoms with Crippen molar-refractivity contribution in [3.63, 3.8) is 0 Å². The summed E-state index contributed by atoms with van der Waals surface area (Å²) in [5.74, 6) is -2.45. The number of para-hydroxylation sites is 1. The van der Waals surface area contributed by atoms with E-state index in [1.165, 1.54) is 17.0 Å². The average Bonchev–Trinajstić information content (AvgIpc) is 3.17. The normalized spacial score (nSPS) is 25.4. The van der Waals surface area contributed by atoms with Gasteiger partial charge in [-0.3, -0.25) is 14.5 Å². The van der Waals surface area contributed by atoms with Gasteiger partial charge in [0, 0.05) is 0 Å². The number of hydrogen-bond acceptors (Lipinski definition) is 5. The monoisotopic (exact) mass is 531 g/mol. The first-order chi connectivity index (χ1) is 18.7. The maximum absolute atomic E-state index is 13.9. The fourth-order valence-electron chi connectivity index (χ4n) is 6.60. The molecule has 2 fully saturated rings. The molecule has 6 nitrogen and oxygen atoms in total. The van der Waals surface area contributed by atoms with Crippen LogP contribution in [0.25, 0.3) is 6.08 Å². The minimum absolute atomic E-state index is 0.164. The molecule has 2 heterocycles. The van der Waals surface area contributed by atoms with Crippen LogP contribution < -0.4 is 4.90 Å². The lowest BCUT2D eigenvalue weighted by Gasteiger charge is -2.44. The lowest BCUT2D eigenvalue weighted by molar-refractivity contribution is -0.122. The molecule has 0 saturated carbocycles. The Bertz CT molecular complexity index is 1320. The topological polar surface area (TPSA) is 87.1 Å². The number of anilines is 1. The number of aromatic hydroxyl groups is 1. The Kier molecular flexibility index (Phi) is 7.78. The Labute approximate surface area is 229 Å². The number of phenols is 1. The number of nitrogens with zero attached hydrogens (tertiary/aromatic N) is 1. The fourth-order valence-corrected chi connectivity index (χ4v) is 6.60. The Morgan fingerprint density at radius 3 is 2.56 bits per heavy atom. The van der Waals surface area contributed by atoms with Gasteiger partial charge >= 0.3 is 7.12 Å². The SMILES string of the molecule is CC/C(=C\c1ccc(O)c(F)c1)CC[C@H]1OB(O)C[C@H]2C1=C(C(C)C)C[C@H]1C(=O)N(c3ccccc3)C(=O)[C@H]12. The third kappa shape index (κ3) is 5.20. The van der Waals surface area contributed by atoms with Gasteiger partial charge in [-0.05, 0) is 79.2 Å². The van der Waals surface area contributed by atoms with Crippen molar-refractivity contribution in [2.24, 2.45) is 23.7 Å². The quantitative estimate of drug-likeness (QED) is 0.270. The van der Waals surface area contributed by atoms with E-state index in [1.807, 2.05) is 31.2 Å². The highest BCUT2D eigenvalue weighted by molar-refractivity contribution is 6.43. The van der Waals surface area contributed by atoms with E-state index >= 15 is 0 Å². The van der Waals surface area contributed by atoms with Crippen molar-refractivity contribution in [2.45, 2.75) is 58.9 Å². The largest absolute Gasteiger partial charge is 0.505 e. The van der Waals surface area contributed by atoms with Crippen LogP contribution in [0.4, 0.5) is 10.1 Å². The average molecular weight is 531 g/mol. The second kappa shape index (κ2) is 11.1. The van der Waals surface area contributed by atoms with Crippen molar-refractivity contribution in [3.8, 4) is 5.75 Å². The smallest absolute Gasteiger partial charge is 0.455 e. The number of imide groups is 1. The number of rotatable bonds is 7. The fraction of sp³-hybridized carbons (Fsp3) is 0.419. The van der Waals surface area contributed by atoms with Crippen molar-refractivity contribution in [1.29, 1.82) is 0 Å². The molecular weight excluding hydrogens is 496 g/mol. The summed E-state index contributed by atoms with van der Waals surface area (Å²) in [6.07, 6.45) is 4.36. The molecule has 0 aromatic heterocycles. The van der Waals surface area contributed by atoms with Crippen LogP contribution >= 0.6 is 0 Å². The first-order valence-electron chi connectivity index (χ1n) is 13.9. The van der Waals surface area contributed by atoms with Crippen LogP contribution in [0.2, 0.25) is 6.32 Å². The van der Waals surface area contributed by atoms with Crippen LogP contribution in [0.3, 0.4) is 0 Å². The van der Waals surface area contributed by atoms with Crippen LogP contribution in [0.1, 0.15) is 52.0 Å². The molecule has 204 valence electrons. The Balaban J connectivity index is 1.44. The van der Waals surface area contributed by atoms with E-state index < -0.39 is 24.8 Å². The lowest BCUT2D eigenvalue weighted by Crippen LogP contribution is -2.46. The maximum Gasteiger partial charge on any atom is 0.455 e. The van der Waals surface area contributed by atoms with E-state index in [2.05, 4.69) is 13.8 Å². The zero-order chi connectivity index (χ0) is 27.8. The van der Waals surface area contributed by atoms with Crippen LogP contribution in [0, 0.1) is 29.5 Å². The summed E-state index contributed by atoms with van der Waals surface area (Å²) in [6.45, 7) is 6.25. The zero-order valence-electron chi connectivity index (χ0n) is 22.6. The van der Waals surface area contributed by atoms with Gasteiger partial charge in [-0.1, -0.05) is 62.3 Å². The summed E-state index contributed by atoms with van der Waals surface area (Å²) >= 11 is 0. The molecule has 2 aliphatic heterocycles. The number of carbonyl (C=O) groups excluding carboxylic acids is 2. The molecule has 4 atom stereocenters. The van der Waals surface area contributed by atoms with E-state index in [1.54, 1.807) is 18.2 Å². The highest BCUT2D eigenvalue weighted by Crippen LogP contribution is 2.52. The van der Waals surface area contributed by atoms with Gasteiger partial charge in [-0.15, -0.1) is 0 Å². The van der Waals surface area contributed by atoms with Gasteiger partial charge in [0.25, 0.3) is 0 Å². The first-order valence-corrected chi connectivity index (χ1v) is 13.9. The zero-order valence-corrected chi connectivity index (χ0v) is 22.6. The first kappa shape index (κ1) is 27.3. The Morgan fingerprint density at radius 2 is 1.90 bits per heavy atom. The van der Waals surface area contributed by atoms with Crippen LogP contribution in [-0.4, -0.2) is 35.2 Å². The predicted octanol–water partition coefficient (Wildman–Crippen LogP) is 5.76. The van der Waals surface area contributed by atoms with Crippen molar-refractivity contribution < 1.29 is 28.8 Å². The Morgan fingerprint density at radius 1 is 1.15 bits per heavy atom. The van der Waals surface area contributed by atoms with E-state index in [0.717, 1.165) is 23.1 Å². The number of halogens is 1. The summed E-state index contributed by atoms with van der Waals surface area (Å²) in [7, 11) is -1.02. The molecule has 0 spiro atoms. The summed E-state index contributed by atoms with van der Waals surface area (Å²) in [6, 6.07) is 13.4. The van der Waals surface area contributed by atoms with Gasteiger partial charge in [0.15, 0.2) is 11.6 Å². The van der Waals surface area contributed by atoms with Gasteiger partial charge in [0.1, 0.15) is 0 Å². The molecule has 39 heavy (non-hydrogen) atoms. The van der Waals surface area contributed by atoms with E-state index in [9.17, 15) is 24.1 Å². The number of amides is 2. The summed E-state index contributed by atoms with van der Waals surface area (Å²) in [4.78, 5) is 28.7. The third-order valence-electron chi connectivity index (χ3n) is 8.48. The molecule has 2 N–H and O–H groups in total. The van der Waals surface area contributed by atoms with Crippen LogP contribution in [-0.2, 0) is 14.2 Å². The van der Waals surface area contributed by atoms with Gasteiger partial charge in [0.05, 0.1) is 23.6 Å². The van der Waals surface area contributed by atoms with Crippen LogP contribution in [0.15, 0.2) is 65.3 Å². The lowest BCUT2D eigenvalue weighted by atomic mass is 9.57. The minimum atomic E-state index is -1.02.